The highest BCUT2D eigenvalue weighted by Gasteiger charge is 2.35. The van der Waals surface area contributed by atoms with Gasteiger partial charge in [0.2, 0.25) is 11.5 Å². The van der Waals surface area contributed by atoms with Gasteiger partial charge in [-0.1, -0.05) is 18.2 Å². The predicted octanol–water partition coefficient (Wildman–Crippen LogP) is 7.00. The lowest BCUT2D eigenvalue weighted by molar-refractivity contribution is 0.209. The Hall–Kier alpha value is -4.60. The lowest BCUT2D eigenvalue weighted by atomic mass is 9.87. The van der Waals surface area contributed by atoms with E-state index in [4.69, 9.17) is 33.2 Å². The maximum atomic E-state index is 7.15. The number of rotatable bonds is 5. The molecule has 4 aliphatic rings. The Morgan fingerprint density at radius 1 is 0.625 bits per heavy atom. The summed E-state index contributed by atoms with van der Waals surface area (Å²) in [5.74, 6) is 5.86. The molecule has 4 aromatic rings. The zero-order chi connectivity index (χ0) is 33.5. The van der Waals surface area contributed by atoms with Crippen LogP contribution < -0.4 is 33.2 Å². The topological polar surface area (TPSA) is 71.1 Å². The van der Waals surface area contributed by atoms with Crippen LogP contribution >= 0.6 is 0 Å². The molecule has 9 heteroatoms. The van der Waals surface area contributed by atoms with Crippen molar-refractivity contribution in [3.05, 3.63) is 88.0 Å². The fourth-order valence-corrected chi connectivity index (χ4v) is 7.52. The molecule has 0 N–H and O–H groups in total. The molecule has 0 saturated carbocycles. The highest BCUT2D eigenvalue weighted by atomic mass is 16.6. The molecule has 4 aromatic carbocycles. The van der Waals surface area contributed by atoms with Crippen LogP contribution in [-0.4, -0.2) is 72.0 Å². The Bertz CT molecular complexity index is 1820. The quantitative estimate of drug-likeness (QED) is 0.227. The SMILES string of the molecule is COc1ccc2cc1Oc1ccc(cc1)CC1c3cc(OC)c(OC)c(c3CCN1C)Oc1c3c(cc(OC)c1OC)CN(C)C(C2)C3. The number of fused-ring (bicyclic) bond motifs is 2. The van der Waals surface area contributed by atoms with Crippen LogP contribution in [0.3, 0.4) is 0 Å². The summed E-state index contributed by atoms with van der Waals surface area (Å²) in [7, 11) is 12.7. The van der Waals surface area contributed by atoms with Crippen LogP contribution in [0.2, 0.25) is 0 Å². The molecule has 4 heterocycles. The van der Waals surface area contributed by atoms with E-state index >= 15 is 0 Å². The zero-order valence-corrected chi connectivity index (χ0v) is 28.8. The van der Waals surface area contributed by atoms with E-state index in [2.05, 4.69) is 60.3 Å². The molecular weight excluding hydrogens is 608 g/mol. The van der Waals surface area contributed by atoms with E-state index < -0.39 is 0 Å². The van der Waals surface area contributed by atoms with Crippen molar-refractivity contribution in [2.75, 3.05) is 56.2 Å². The third-order valence-corrected chi connectivity index (χ3v) is 10.2. The van der Waals surface area contributed by atoms with Crippen molar-refractivity contribution >= 4 is 0 Å². The molecule has 2 unspecified atom stereocenters. The number of hydrogen-bond donors (Lipinski definition) is 0. The monoisotopic (exact) mass is 652 g/mol. The first-order valence-electron chi connectivity index (χ1n) is 16.4. The van der Waals surface area contributed by atoms with Crippen molar-refractivity contribution < 1.29 is 33.2 Å². The molecule has 8 rings (SSSR count). The lowest BCUT2D eigenvalue weighted by Crippen LogP contribution is -2.39. The van der Waals surface area contributed by atoms with Gasteiger partial charge in [-0.3, -0.25) is 9.80 Å². The van der Waals surface area contributed by atoms with Gasteiger partial charge < -0.3 is 33.2 Å². The summed E-state index contributed by atoms with van der Waals surface area (Å²) in [6.07, 6.45) is 3.13. The Labute approximate surface area is 282 Å². The van der Waals surface area contributed by atoms with Gasteiger partial charge in [0.25, 0.3) is 0 Å². The summed E-state index contributed by atoms with van der Waals surface area (Å²) in [5, 5.41) is 0. The summed E-state index contributed by atoms with van der Waals surface area (Å²) < 4.78 is 43.2. The van der Waals surface area contributed by atoms with Crippen molar-refractivity contribution in [3.8, 4) is 51.7 Å². The normalized spacial score (nSPS) is 18.8. The lowest BCUT2D eigenvalue weighted by Gasteiger charge is -2.37. The summed E-state index contributed by atoms with van der Waals surface area (Å²) in [6.45, 7) is 1.59. The first kappa shape index (κ1) is 32.0. The van der Waals surface area contributed by atoms with Crippen molar-refractivity contribution in [2.45, 2.75) is 44.3 Å². The smallest absolute Gasteiger partial charge is 0.204 e. The van der Waals surface area contributed by atoms with Crippen molar-refractivity contribution in [1.82, 2.24) is 9.80 Å². The Balaban J connectivity index is 1.46. The number of benzene rings is 4. The highest BCUT2D eigenvalue weighted by Crippen LogP contribution is 2.53. The van der Waals surface area contributed by atoms with Crippen LogP contribution in [0.15, 0.2) is 54.6 Å². The molecule has 2 atom stereocenters. The highest BCUT2D eigenvalue weighted by molar-refractivity contribution is 5.66. The second-order valence-corrected chi connectivity index (χ2v) is 12.8. The molecule has 9 nitrogen and oxygen atoms in total. The van der Waals surface area contributed by atoms with Gasteiger partial charge in [0.1, 0.15) is 5.75 Å². The minimum atomic E-state index is 0.0840. The predicted molar refractivity (Wildman–Crippen MR) is 184 cm³/mol. The molecule has 0 aromatic heterocycles. The minimum Gasteiger partial charge on any atom is -0.493 e. The van der Waals surface area contributed by atoms with Crippen LogP contribution in [0.5, 0.6) is 51.7 Å². The molecule has 0 aliphatic carbocycles. The van der Waals surface area contributed by atoms with Crippen molar-refractivity contribution in [2.24, 2.45) is 0 Å². The van der Waals surface area contributed by atoms with E-state index in [0.717, 1.165) is 72.3 Å². The number of likely N-dealkylation sites (N-methyl/N-ethyl adjacent to an activating group) is 2. The van der Waals surface area contributed by atoms with Gasteiger partial charge >= 0.3 is 0 Å². The fourth-order valence-electron chi connectivity index (χ4n) is 7.52. The van der Waals surface area contributed by atoms with Crippen LogP contribution in [0.25, 0.3) is 0 Å². The van der Waals surface area contributed by atoms with Gasteiger partial charge in [0.15, 0.2) is 34.5 Å². The van der Waals surface area contributed by atoms with Gasteiger partial charge in [-0.25, -0.2) is 0 Å². The van der Waals surface area contributed by atoms with E-state index in [1.165, 1.54) is 5.56 Å². The van der Waals surface area contributed by atoms with Crippen LogP contribution in [0.4, 0.5) is 0 Å². The largest absolute Gasteiger partial charge is 0.493 e. The standard InChI is InChI=1S/C39H44N2O7/c1-40-15-14-28-30-21-35(44-5)39(46-7)36(28)48-37-29-20-26(41(2)22-25(29)19-34(43-4)38(37)45-6)16-24-10-13-32(42-3)33(18-24)47-27-11-8-23(9-12-27)17-31(30)40/h8-13,18-19,21,26,31H,14-17,20,22H2,1-7H3. The molecule has 0 spiro atoms. The number of hydrogen-bond acceptors (Lipinski definition) is 9. The third kappa shape index (κ3) is 5.65. The second-order valence-electron chi connectivity index (χ2n) is 12.8. The van der Waals surface area contributed by atoms with E-state index in [0.29, 0.717) is 46.0 Å². The fraction of sp³-hybridized carbons (Fsp3) is 0.385. The molecule has 0 saturated heterocycles. The minimum absolute atomic E-state index is 0.0840. The van der Waals surface area contributed by atoms with Crippen LogP contribution in [0, 0.1) is 0 Å². The third-order valence-electron chi connectivity index (χ3n) is 10.2. The van der Waals surface area contributed by atoms with Crippen molar-refractivity contribution in [1.29, 1.82) is 0 Å². The molecule has 252 valence electrons. The molecule has 0 fully saturated rings. The second kappa shape index (κ2) is 13.1. The van der Waals surface area contributed by atoms with E-state index in [9.17, 15) is 0 Å². The molecular formula is C39H44N2O7. The van der Waals surface area contributed by atoms with E-state index in [1.807, 2.05) is 18.2 Å². The molecule has 0 amide bonds. The van der Waals surface area contributed by atoms with Gasteiger partial charge in [0.05, 0.1) is 35.5 Å². The average Bonchev–Trinajstić information content (AvgIpc) is 3.10. The number of nitrogens with zero attached hydrogens (tertiary/aromatic N) is 2. The summed E-state index contributed by atoms with van der Waals surface area (Å²) in [6, 6.07) is 19.0. The zero-order valence-electron chi connectivity index (χ0n) is 28.8. The van der Waals surface area contributed by atoms with Gasteiger partial charge in [0, 0.05) is 36.3 Å². The molecule has 10 bridgehead atoms. The van der Waals surface area contributed by atoms with E-state index in [-0.39, 0.29) is 12.1 Å². The van der Waals surface area contributed by atoms with Crippen LogP contribution in [-0.2, 0) is 32.2 Å². The van der Waals surface area contributed by atoms with Crippen LogP contribution in [0.1, 0.15) is 39.4 Å². The number of methoxy groups -OCH3 is 5. The Morgan fingerprint density at radius 2 is 1.29 bits per heavy atom. The maximum Gasteiger partial charge on any atom is 0.204 e. The first-order chi connectivity index (χ1) is 23.3. The van der Waals surface area contributed by atoms with E-state index in [1.54, 1.807) is 35.5 Å². The molecule has 0 radical (unpaired) electrons. The van der Waals surface area contributed by atoms with Gasteiger partial charge in [-0.2, -0.15) is 0 Å². The summed E-state index contributed by atoms with van der Waals surface area (Å²) in [5.41, 5.74) is 6.85. The Kier molecular flexibility index (Phi) is 8.74. The summed E-state index contributed by atoms with van der Waals surface area (Å²) in [4.78, 5) is 4.79. The van der Waals surface area contributed by atoms with Crippen molar-refractivity contribution in [3.63, 3.8) is 0 Å². The Morgan fingerprint density at radius 3 is 1.98 bits per heavy atom. The first-order valence-corrected chi connectivity index (χ1v) is 16.4. The van der Waals surface area contributed by atoms with Gasteiger partial charge in [-0.15, -0.1) is 0 Å². The molecule has 4 aliphatic heterocycles. The summed E-state index contributed by atoms with van der Waals surface area (Å²) >= 11 is 0. The average molecular weight is 653 g/mol. The van der Waals surface area contributed by atoms with Gasteiger partial charge in [-0.05, 0) is 98.4 Å². The molecule has 48 heavy (non-hydrogen) atoms. The maximum absolute atomic E-state index is 7.15. The number of ether oxygens (including phenoxy) is 7.